The molecule has 0 atom stereocenters. The zero-order valence-electron chi connectivity index (χ0n) is 15.5. The zero-order chi connectivity index (χ0) is 20.8. The molecular formula is C19H18BrClFN5O2. The monoisotopic (exact) mass is 481 g/mol. The summed E-state index contributed by atoms with van der Waals surface area (Å²) in [6.45, 7) is 4.67. The number of allylic oxidation sites excluding steroid dienone is 1. The maximum absolute atomic E-state index is 13.3. The SMILES string of the molecule is C=CCn1nnnc1NCc1c(Br)ccc(OC)c1OCc1ccc(F)cc1Cl. The molecule has 10 heteroatoms. The summed E-state index contributed by atoms with van der Waals surface area (Å²) in [6, 6.07) is 7.83. The van der Waals surface area contributed by atoms with Crippen molar-refractivity contribution >= 4 is 33.5 Å². The van der Waals surface area contributed by atoms with Crippen LogP contribution in [0.5, 0.6) is 11.5 Å². The number of nitrogens with one attached hydrogen (secondary N) is 1. The van der Waals surface area contributed by atoms with Gasteiger partial charge in [-0.2, -0.15) is 0 Å². The molecule has 3 aromatic rings. The number of hydrogen-bond acceptors (Lipinski definition) is 6. The maximum Gasteiger partial charge on any atom is 0.243 e. The first-order chi connectivity index (χ1) is 14.0. The number of tetrazole rings is 1. The van der Waals surface area contributed by atoms with Gasteiger partial charge in [-0.15, -0.1) is 6.58 Å². The van der Waals surface area contributed by atoms with Crippen molar-refractivity contribution in [1.82, 2.24) is 20.2 Å². The van der Waals surface area contributed by atoms with E-state index in [1.807, 2.05) is 6.07 Å². The molecule has 0 aliphatic heterocycles. The molecule has 1 aromatic heterocycles. The summed E-state index contributed by atoms with van der Waals surface area (Å²) in [5.74, 6) is 1.17. The molecule has 152 valence electrons. The van der Waals surface area contributed by atoms with E-state index in [1.54, 1.807) is 30.0 Å². The highest BCUT2D eigenvalue weighted by atomic mass is 79.9. The highest BCUT2D eigenvalue weighted by molar-refractivity contribution is 9.10. The minimum absolute atomic E-state index is 0.146. The summed E-state index contributed by atoms with van der Waals surface area (Å²) in [4.78, 5) is 0. The van der Waals surface area contributed by atoms with E-state index >= 15 is 0 Å². The Morgan fingerprint density at radius 2 is 2.17 bits per heavy atom. The summed E-state index contributed by atoms with van der Waals surface area (Å²) in [7, 11) is 1.56. The molecule has 0 bridgehead atoms. The fourth-order valence-electron chi connectivity index (χ4n) is 2.60. The van der Waals surface area contributed by atoms with Gasteiger partial charge >= 0.3 is 0 Å². The second kappa shape index (κ2) is 9.71. The molecule has 0 saturated carbocycles. The van der Waals surface area contributed by atoms with Gasteiger partial charge in [-0.1, -0.05) is 44.8 Å². The fraction of sp³-hybridized carbons (Fsp3) is 0.211. The topological polar surface area (TPSA) is 74.1 Å². The quantitative estimate of drug-likeness (QED) is 0.449. The van der Waals surface area contributed by atoms with Crippen molar-refractivity contribution in [2.24, 2.45) is 0 Å². The molecule has 0 radical (unpaired) electrons. The first kappa shape index (κ1) is 21.1. The third-order valence-corrected chi connectivity index (χ3v) is 5.13. The van der Waals surface area contributed by atoms with Crippen LogP contribution in [0, 0.1) is 5.82 Å². The molecule has 0 fully saturated rings. The Morgan fingerprint density at radius 1 is 1.34 bits per heavy atom. The van der Waals surface area contributed by atoms with Crippen LogP contribution in [0.3, 0.4) is 0 Å². The van der Waals surface area contributed by atoms with Gasteiger partial charge in [-0.3, -0.25) is 0 Å². The molecule has 29 heavy (non-hydrogen) atoms. The second-order valence-electron chi connectivity index (χ2n) is 5.91. The van der Waals surface area contributed by atoms with Gasteiger partial charge in [0, 0.05) is 22.1 Å². The predicted octanol–water partition coefficient (Wildman–Crippen LogP) is 4.61. The van der Waals surface area contributed by atoms with Crippen LogP contribution in [-0.2, 0) is 19.7 Å². The molecule has 7 nitrogen and oxygen atoms in total. The minimum Gasteiger partial charge on any atom is -0.493 e. The molecule has 2 aromatic carbocycles. The van der Waals surface area contributed by atoms with Crippen LogP contribution in [0.15, 0.2) is 47.5 Å². The first-order valence-electron chi connectivity index (χ1n) is 8.56. The lowest BCUT2D eigenvalue weighted by molar-refractivity contribution is 0.281. The summed E-state index contributed by atoms with van der Waals surface area (Å²) < 4.78 is 27.2. The molecule has 0 spiro atoms. The molecule has 0 aliphatic rings. The number of ether oxygens (including phenoxy) is 2. The van der Waals surface area contributed by atoms with Crippen molar-refractivity contribution in [3.8, 4) is 11.5 Å². The van der Waals surface area contributed by atoms with E-state index in [0.29, 0.717) is 41.1 Å². The number of hydrogen-bond donors (Lipinski definition) is 1. The molecule has 0 unspecified atom stereocenters. The normalized spacial score (nSPS) is 10.6. The Labute approximate surface area is 180 Å². The van der Waals surface area contributed by atoms with Crippen molar-refractivity contribution in [3.05, 3.63) is 69.4 Å². The van der Waals surface area contributed by atoms with Gasteiger partial charge in [0.1, 0.15) is 12.4 Å². The molecule has 0 saturated heterocycles. The van der Waals surface area contributed by atoms with E-state index in [1.165, 1.54) is 12.1 Å². The van der Waals surface area contributed by atoms with Gasteiger partial charge in [0.05, 0.1) is 18.7 Å². The standard InChI is InChI=1S/C19H18BrClFN5O2/c1-3-8-27-19(24-25-26-27)23-10-14-15(20)6-7-17(28-2)18(14)29-11-12-4-5-13(22)9-16(12)21/h3-7,9H,1,8,10-11H2,2H3,(H,23,24,26). The first-order valence-corrected chi connectivity index (χ1v) is 9.73. The van der Waals surface area contributed by atoms with Gasteiger partial charge in [-0.25, -0.2) is 9.07 Å². The number of aromatic nitrogens is 4. The zero-order valence-corrected chi connectivity index (χ0v) is 17.9. The van der Waals surface area contributed by atoms with E-state index in [2.05, 4.69) is 43.4 Å². The van der Waals surface area contributed by atoms with Crippen LogP contribution in [-0.4, -0.2) is 27.3 Å². The van der Waals surface area contributed by atoms with Gasteiger partial charge < -0.3 is 14.8 Å². The summed E-state index contributed by atoms with van der Waals surface area (Å²) >= 11 is 9.66. The Kier molecular flexibility index (Phi) is 7.05. The van der Waals surface area contributed by atoms with Crippen LogP contribution < -0.4 is 14.8 Å². The Balaban J connectivity index is 1.84. The summed E-state index contributed by atoms with van der Waals surface area (Å²) in [6.07, 6.45) is 1.70. The van der Waals surface area contributed by atoms with Crippen molar-refractivity contribution in [2.75, 3.05) is 12.4 Å². The third-order valence-electron chi connectivity index (χ3n) is 4.03. The minimum atomic E-state index is -0.402. The van der Waals surface area contributed by atoms with Crippen molar-refractivity contribution in [3.63, 3.8) is 0 Å². The highest BCUT2D eigenvalue weighted by Crippen LogP contribution is 2.37. The van der Waals surface area contributed by atoms with E-state index in [9.17, 15) is 4.39 Å². The molecule has 1 N–H and O–H groups in total. The van der Waals surface area contributed by atoms with Gasteiger partial charge in [0.25, 0.3) is 0 Å². The van der Waals surface area contributed by atoms with E-state index in [4.69, 9.17) is 21.1 Å². The molecule has 0 aliphatic carbocycles. The van der Waals surface area contributed by atoms with Crippen LogP contribution in [0.2, 0.25) is 5.02 Å². The second-order valence-corrected chi connectivity index (χ2v) is 7.17. The number of nitrogens with zero attached hydrogens (tertiary/aromatic N) is 4. The lowest BCUT2D eigenvalue weighted by atomic mass is 10.1. The lowest BCUT2D eigenvalue weighted by Gasteiger charge is -2.17. The average Bonchev–Trinajstić information content (AvgIpc) is 3.14. The number of anilines is 1. The van der Waals surface area contributed by atoms with Crippen LogP contribution in [0.25, 0.3) is 0 Å². The highest BCUT2D eigenvalue weighted by Gasteiger charge is 2.17. The summed E-state index contributed by atoms with van der Waals surface area (Å²) in [5.41, 5.74) is 1.46. The van der Waals surface area contributed by atoms with Gasteiger partial charge in [0.15, 0.2) is 11.5 Å². The Hall–Kier alpha value is -2.65. The number of rotatable bonds is 9. The fourth-order valence-corrected chi connectivity index (χ4v) is 3.27. The largest absolute Gasteiger partial charge is 0.493 e. The van der Waals surface area contributed by atoms with Gasteiger partial charge in [0.2, 0.25) is 5.95 Å². The molecule has 0 amide bonds. The average molecular weight is 483 g/mol. The van der Waals surface area contributed by atoms with Gasteiger partial charge in [-0.05, 0) is 34.7 Å². The van der Waals surface area contributed by atoms with Crippen LogP contribution in [0.1, 0.15) is 11.1 Å². The lowest BCUT2D eigenvalue weighted by Crippen LogP contribution is -2.10. The molecule has 1 heterocycles. The maximum atomic E-state index is 13.3. The Morgan fingerprint density at radius 3 is 2.90 bits per heavy atom. The van der Waals surface area contributed by atoms with Crippen LogP contribution >= 0.6 is 27.5 Å². The molecular weight excluding hydrogens is 465 g/mol. The van der Waals surface area contributed by atoms with E-state index in [-0.39, 0.29) is 6.61 Å². The molecule has 3 rings (SSSR count). The number of halogens is 3. The third kappa shape index (κ3) is 5.04. The van der Waals surface area contributed by atoms with Crippen LogP contribution in [0.4, 0.5) is 10.3 Å². The van der Waals surface area contributed by atoms with Crippen molar-refractivity contribution in [1.29, 1.82) is 0 Å². The van der Waals surface area contributed by atoms with E-state index in [0.717, 1.165) is 10.0 Å². The predicted molar refractivity (Wildman–Crippen MR) is 112 cm³/mol. The van der Waals surface area contributed by atoms with E-state index < -0.39 is 5.82 Å². The Bertz CT molecular complexity index is 1010. The number of benzene rings is 2. The van der Waals surface area contributed by atoms with Crippen molar-refractivity contribution < 1.29 is 13.9 Å². The summed E-state index contributed by atoms with van der Waals surface area (Å²) in [5, 5.41) is 15.0. The van der Waals surface area contributed by atoms with Crippen molar-refractivity contribution in [2.45, 2.75) is 19.7 Å². The smallest absolute Gasteiger partial charge is 0.243 e. The number of methoxy groups -OCH3 is 1.